The molecule has 5 heteroatoms. The summed E-state index contributed by atoms with van der Waals surface area (Å²) in [5.41, 5.74) is 0.964. The summed E-state index contributed by atoms with van der Waals surface area (Å²) in [6.07, 6.45) is 5.60. The quantitative estimate of drug-likeness (QED) is 0.937. The first-order valence-corrected chi connectivity index (χ1v) is 7.68. The number of carbonyl (C=O) groups is 1. The van der Waals surface area contributed by atoms with Crippen molar-refractivity contribution in [3.63, 3.8) is 0 Å². The maximum Gasteiger partial charge on any atom is 0.273 e. The average Bonchev–Trinajstić information content (AvgIpc) is 2.91. The van der Waals surface area contributed by atoms with Gasteiger partial charge in [-0.15, -0.1) is 0 Å². The number of nitrogens with zero attached hydrogens (tertiary/aromatic N) is 1. The highest BCUT2D eigenvalue weighted by atomic mass is 19.1. The number of nitrogens with one attached hydrogen (secondary N) is 1. The van der Waals surface area contributed by atoms with Crippen molar-refractivity contribution < 1.29 is 13.6 Å². The molecule has 4 nitrogen and oxygen atoms in total. The van der Waals surface area contributed by atoms with Gasteiger partial charge in [-0.1, -0.05) is 19.3 Å². The monoisotopic (exact) mass is 302 g/mol. The molecule has 1 aliphatic rings. The summed E-state index contributed by atoms with van der Waals surface area (Å²) in [6, 6.07) is 6.09. The van der Waals surface area contributed by atoms with E-state index in [1.807, 2.05) is 0 Å². The highest BCUT2D eigenvalue weighted by Gasteiger charge is 2.22. The number of hydrogen-bond acceptors (Lipinski definition) is 3. The highest BCUT2D eigenvalue weighted by molar-refractivity contribution is 5.93. The zero-order valence-electron chi connectivity index (χ0n) is 12.6. The Morgan fingerprint density at radius 3 is 2.59 bits per heavy atom. The van der Waals surface area contributed by atoms with E-state index in [9.17, 15) is 9.18 Å². The molecule has 1 N–H and O–H groups in total. The van der Waals surface area contributed by atoms with E-state index in [0.717, 1.165) is 25.7 Å². The second-order valence-electron chi connectivity index (χ2n) is 5.74. The predicted octanol–water partition coefficient (Wildman–Crippen LogP) is 3.85. The Morgan fingerprint density at radius 2 is 1.91 bits per heavy atom. The van der Waals surface area contributed by atoms with Crippen LogP contribution in [0.15, 0.2) is 28.7 Å². The van der Waals surface area contributed by atoms with Crippen molar-refractivity contribution in [3.8, 4) is 11.5 Å². The Balaban J connectivity index is 1.76. The zero-order valence-corrected chi connectivity index (χ0v) is 12.6. The lowest BCUT2D eigenvalue weighted by Crippen LogP contribution is -2.36. The van der Waals surface area contributed by atoms with Crippen molar-refractivity contribution in [3.05, 3.63) is 41.5 Å². The van der Waals surface area contributed by atoms with Crippen LogP contribution in [0.25, 0.3) is 11.5 Å². The standard InChI is InChI=1S/C17H19FN2O2/c1-11-15(16(21)19-14-5-3-2-4-6-14)20-17(22-11)12-7-9-13(18)10-8-12/h7-10,14H,2-6H2,1H3,(H,19,21). The Kier molecular flexibility index (Phi) is 4.22. The molecule has 116 valence electrons. The Morgan fingerprint density at radius 1 is 1.23 bits per heavy atom. The van der Waals surface area contributed by atoms with Crippen LogP contribution in [0.4, 0.5) is 4.39 Å². The minimum atomic E-state index is -0.317. The molecule has 1 aromatic heterocycles. The lowest BCUT2D eigenvalue weighted by Gasteiger charge is -2.22. The van der Waals surface area contributed by atoms with E-state index < -0.39 is 0 Å². The third-order valence-corrected chi connectivity index (χ3v) is 4.04. The molecule has 0 spiro atoms. The van der Waals surface area contributed by atoms with Crippen molar-refractivity contribution in [2.45, 2.75) is 45.1 Å². The van der Waals surface area contributed by atoms with Crippen molar-refractivity contribution in [1.82, 2.24) is 10.3 Å². The van der Waals surface area contributed by atoms with E-state index in [1.54, 1.807) is 19.1 Å². The maximum absolute atomic E-state index is 13.0. The van der Waals surface area contributed by atoms with Gasteiger partial charge < -0.3 is 9.73 Å². The molecule has 3 rings (SSSR count). The summed E-state index contributed by atoms with van der Waals surface area (Å²) in [7, 11) is 0. The van der Waals surface area contributed by atoms with Gasteiger partial charge in [0, 0.05) is 11.6 Å². The van der Waals surface area contributed by atoms with Crippen LogP contribution in [0.5, 0.6) is 0 Å². The Hall–Kier alpha value is -2.17. The van der Waals surface area contributed by atoms with Crippen LogP contribution in [-0.4, -0.2) is 16.9 Å². The first kappa shape index (κ1) is 14.8. The minimum absolute atomic E-state index is 0.193. The van der Waals surface area contributed by atoms with Gasteiger partial charge in [-0.2, -0.15) is 0 Å². The third kappa shape index (κ3) is 3.18. The molecule has 0 unspecified atom stereocenters. The number of rotatable bonds is 3. The summed E-state index contributed by atoms with van der Waals surface area (Å²) in [5.74, 6) is 0.308. The molecule has 1 heterocycles. The second kappa shape index (κ2) is 6.30. The normalized spacial score (nSPS) is 15.7. The number of aromatic nitrogens is 1. The molecule has 0 radical (unpaired) electrons. The van der Waals surface area contributed by atoms with Gasteiger partial charge in [-0.3, -0.25) is 4.79 Å². The van der Waals surface area contributed by atoms with Crippen LogP contribution in [0.1, 0.15) is 48.4 Å². The molecule has 0 bridgehead atoms. The van der Waals surface area contributed by atoms with Crippen molar-refractivity contribution in [2.24, 2.45) is 0 Å². The molecule has 1 saturated carbocycles. The summed E-state index contributed by atoms with van der Waals surface area (Å²) in [6.45, 7) is 1.72. The van der Waals surface area contributed by atoms with Crippen molar-refractivity contribution >= 4 is 5.91 Å². The second-order valence-corrected chi connectivity index (χ2v) is 5.74. The van der Waals surface area contributed by atoms with Crippen LogP contribution in [0.2, 0.25) is 0 Å². The van der Waals surface area contributed by atoms with Crippen LogP contribution in [-0.2, 0) is 0 Å². The van der Waals surface area contributed by atoms with Gasteiger partial charge in [0.1, 0.15) is 11.6 Å². The van der Waals surface area contributed by atoms with Crippen LogP contribution in [0.3, 0.4) is 0 Å². The molecule has 1 aromatic carbocycles. The first-order valence-electron chi connectivity index (χ1n) is 7.68. The van der Waals surface area contributed by atoms with Crippen molar-refractivity contribution in [1.29, 1.82) is 0 Å². The Labute approximate surface area is 128 Å². The predicted molar refractivity (Wildman–Crippen MR) is 81.0 cm³/mol. The SMILES string of the molecule is Cc1oc(-c2ccc(F)cc2)nc1C(=O)NC1CCCCC1. The highest BCUT2D eigenvalue weighted by Crippen LogP contribution is 2.23. The van der Waals surface area contributed by atoms with E-state index in [4.69, 9.17) is 4.42 Å². The maximum atomic E-state index is 13.0. The first-order chi connectivity index (χ1) is 10.6. The van der Waals surface area contributed by atoms with Gasteiger partial charge in [-0.05, 0) is 44.0 Å². The lowest BCUT2D eigenvalue weighted by atomic mass is 9.95. The molecule has 2 aromatic rings. The number of halogens is 1. The number of benzene rings is 1. The van der Waals surface area contributed by atoms with Gasteiger partial charge in [0.15, 0.2) is 5.69 Å². The summed E-state index contributed by atoms with van der Waals surface area (Å²) in [5, 5.41) is 3.03. The van der Waals surface area contributed by atoms with Gasteiger partial charge in [-0.25, -0.2) is 9.37 Å². The van der Waals surface area contributed by atoms with Gasteiger partial charge >= 0.3 is 0 Å². The molecular weight excluding hydrogens is 283 g/mol. The van der Waals surface area contributed by atoms with Crippen LogP contribution >= 0.6 is 0 Å². The van der Waals surface area contributed by atoms with Gasteiger partial charge in [0.25, 0.3) is 5.91 Å². The fourth-order valence-corrected chi connectivity index (χ4v) is 2.82. The molecule has 0 aliphatic heterocycles. The van der Waals surface area contributed by atoms with Gasteiger partial charge in [0.05, 0.1) is 0 Å². The summed E-state index contributed by atoms with van der Waals surface area (Å²) in [4.78, 5) is 16.6. The molecule has 1 amide bonds. The average molecular weight is 302 g/mol. The van der Waals surface area contributed by atoms with Crippen LogP contribution in [0, 0.1) is 12.7 Å². The molecule has 1 aliphatic carbocycles. The van der Waals surface area contributed by atoms with Crippen LogP contribution < -0.4 is 5.32 Å². The van der Waals surface area contributed by atoms with Gasteiger partial charge in [0.2, 0.25) is 5.89 Å². The zero-order chi connectivity index (χ0) is 15.5. The molecule has 1 fully saturated rings. The number of aryl methyl sites for hydroxylation is 1. The van der Waals surface area contributed by atoms with E-state index in [-0.39, 0.29) is 17.8 Å². The fourth-order valence-electron chi connectivity index (χ4n) is 2.82. The molecule has 0 atom stereocenters. The third-order valence-electron chi connectivity index (χ3n) is 4.04. The van der Waals surface area contributed by atoms with Crippen molar-refractivity contribution in [2.75, 3.05) is 0 Å². The summed E-state index contributed by atoms with van der Waals surface area (Å²) < 4.78 is 18.5. The van der Waals surface area contributed by atoms with E-state index >= 15 is 0 Å². The minimum Gasteiger partial charge on any atom is -0.441 e. The molecule has 22 heavy (non-hydrogen) atoms. The van der Waals surface area contributed by atoms with E-state index in [0.29, 0.717) is 22.9 Å². The fraction of sp³-hybridized carbons (Fsp3) is 0.412. The smallest absolute Gasteiger partial charge is 0.273 e. The topological polar surface area (TPSA) is 55.1 Å². The molecule has 0 saturated heterocycles. The lowest BCUT2D eigenvalue weighted by molar-refractivity contribution is 0.0921. The number of oxazole rings is 1. The molecular formula is C17H19FN2O2. The number of hydrogen-bond donors (Lipinski definition) is 1. The number of amides is 1. The summed E-state index contributed by atoms with van der Waals surface area (Å²) >= 11 is 0. The number of carbonyl (C=O) groups excluding carboxylic acids is 1. The van der Waals surface area contributed by atoms with E-state index in [2.05, 4.69) is 10.3 Å². The van der Waals surface area contributed by atoms with E-state index in [1.165, 1.54) is 18.6 Å². The largest absolute Gasteiger partial charge is 0.441 e. The Bertz CT molecular complexity index is 658.